The predicted octanol–water partition coefficient (Wildman–Crippen LogP) is 2.80. The number of ether oxygens (including phenoxy) is 1. The van der Waals surface area contributed by atoms with Gasteiger partial charge >= 0.3 is 5.97 Å². The molecule has 0 aromatic heterocycles. The summed E-state index contributed by atoms with van der Waals surface area (Å²) in [7, 11) is 0. The van der Waals surface area contributed by atoms with Gasteiger partial charge in [0.25, 0.3) is 0 Å². The van der Waals surface area contributed by atoms with Gasteiger partial charge in [0, 0.05) is 0 Å². The van der Waals surface area contributed by atoms with Gasteiger partial charge in [-0.05, 0) is 36.8 Å². The van der Waals surface area contributed by atoms with E-state index in [1.807, 2.05) is 30.3 Å². The first kappa shape index (κ1) is 9.64. The quantitative estimate of drug-likeness (QED) is 0.430. The van der Waals surface area contributed by atoms with Crippen molar-refractivity contribution in [3.63, 3.8) is 0 Å². The Hall–Kier alpha value is -1.57. The second-order valence-electron chi connectivity index (χ2n) is 4.62. The summed E-state index contributed by atoms with van der Waals surface area (Å²) in [6.45, 7) is 0. The van der Waals surface area contributed by atoms with E-state index in [2.05, 4.69) is 12.2 Å². The Morgan fingerprint density at radius 1 is 1.12 bits per heavy atom. The molecule has 2 aliphatic carbocycles. The van der Waals surface area contributed by atoms with E-state index in [0.29, 0.717) is 17.6 Å². The molecule has 0 unspecified atom stereocenters. The molecule has 2 bridgehead atoms. The molecule has 2 nitrogen and oxygen atoms in total. The summed E-state index contributed by atoms with van der Waals surface area (Å²) in [5, 5.41) is 0. The van der Waals surface area contributed by atoms with Crippen molar-refractivity contribution >= 4 is 5.97 Å². The second-order valence-corrected chi connectivity index (χ2v) is 4.62. The predicted molar refractivity (Wildman–Crippen MR) is 60.9 cm³/mol. The Kier molecular flexibility index (Phi) is 2.28. The Morgan fingerprint density at radius 3 is 2.56 bits per heavy atom. The molecule has 0 radical (unpaired) electrons. The van der Waals surface area contributed by atoms with E-state index in [1.54, 1.807) is 0 Å². The normalized spacial score (nSPS) is 30.6. The van der Waals surface area contributed by atoms with E-state index in [0.717, 1.165) is 12.8 Å². The molecule has 0 aliphatic heterocycles. The molecule has 16 heavy (non-hydrogen) atoms. The van der Waals surface area contributed by atoms with E-state index in [4.69, 9.17) is 4.74 Å². The van der Waals surface area contributed by atoms with E-state index >= 15 is 0 Å². The van der Waals surface area contributed by atoms with Gasteiger partial charge in [-0.3, -0.25) is 4.79 Å². The molecule has 1 aromatic carbocycles. The Bertz CT molecular complexity index is 422. The van der Waals surface area contributed by atoms with Crippen LogP contribution in [0.2, 0.25) is 0 Å². The average Bonchev–Trinajstić information content (AvgIpc) is 2.92. The molecule has 0 N–H and O–H groups in total. The zero-order valence-electron chi connectivity index (χ0n) is 9.00. The molecule has 0 spiro atoms. The van der Waals surface area contributed by atoms with Gasteiger partial charge < -0.3 is 4.74 Å². The van der Waals surface area contributed by atoms with Crippen LogP contribution in [0.5, 0.6) is 5.75 Å². The second kappa shape index (κ2) is 3.78. The fourth-order valence-electron chi connectivity index (χ4n) is 2.73. The number of hydrogen-bond donors (Lipinski definition) is 0. The smallest absolute Gasteiger partial charge is 0.314 e. The zero-order valence-corrected chi connectivity index (χ0v) is 9.00. The first-order chi connectivity index (χ1) is 7.83. The van der Waals surface area contributed by atoms with Gasteiger partial charge in [-0.15, -0.1) is 0 Å². The fourth-order valence-corrected chi connectivity index (χ4v) is 2.73. The number of carbonyl (C=O) groups is 1. The number of hydrogen-bond acceptors (Lipinski definition) is 2. The lowest BCUT2D eigenvalue weighted by molar-refractivity contribution is -0.139. The Balaban J connectivity index is 1.69. The lowest BCUT2D eigenvalue weighted by Gasteiger charge is -2.16. The number of esters is 1. The Morgan fingerprint density at radius 2 is 1.94 bits per heavy atom. The molecule has 82 valence electrons. The minimum Gasteiger partial charge on any atom is -0.426 e. The Labute approximate surface area is 94.9 Å². The van der Waals surface area contributed by atoms with Crippen LogP contribution in [0, 0.1) is 17.8 Å². The van der Waals surface area contributed by atoms with Crippen LogP contribution in [0.25, 0.3) is 0 Å². The third-order valence-electron chi connectivity index (χ3n) is 3.54. The van der Waals surface area contributed by atoms with E-state index < -0.39 is 0 Å². The van der Waals surface area contributed by atoms with E-state index in [9.17, 15) is 4.79 Å². The molecule has 0 saturated heterocycles. The molecular formula is C14H14O2. The van der Waals surface area contributed by atoms with E-state index in [1.165, 1.54) is 0 Å². The van der Waals surface area contributed by atoms with Crippen LogP contribution in [-0.4, -0.2) is 5.97 Å². The van der Waals surface area contributed by atoms with Gasteiger partial charge in [-0.2, -0.15) is 0 Å². The van der Waals surface area contributed by atoms with Gasteiger partial charge in [0.15, 0.2) is 0 Å². The molecule has 0 heterocycles. The van der Waals surface area contributed by atoms with Crippen molar-refractivity contribution in [3.05, 3.63) is 42.5 Å². The number of benzene rings is 1. The van der Waals surface area contributed by atoms with Crippen molar-refractivity contribution in [3.8, 4) is 5.75 Å². The third kappa shape index (κ3) is 1.64. The molecular weight excluding hydrogens is 200 g/mol. The highest BCUT2D eigenvalue weighted by atomic mass is 16.5. The SMILES string of the molecule is O=C(Oc1ccccc1)[C@@H]1C[C@H]2C=C[C@@H]1C2. The van der Waals surface area contributed by atoms with Crippen molar-refractivity contribution in [2.24, 2.45) is 17.8 Å². The van der Waals surface area contributed by atoms with Crippen LogP contribution in [-0.2, 0) is 4.79 Å². The van der Waals surface area contributed by atoms with Crippen molar-refractivity contribution in [2.75, 3.05) is 0 Å². The summed E-state index contributed by atoms with van der Waals surface area (Å²) in [5.74, 6) is 1.69. The summed E-state index contributed by atoms with van der Waals surface area (Å²) in [5.41, 5.74) is 0. The third-order valence-corrected chi connectivity index (χ3v) is 3.54. The maximum atomic E-state index is 11.9. The summed E-state index contributed by atoms with van der Waals surface area (Å²) in [4.78, 5) is 11.9. The van der Waals surface area contributed by atoms with Crippen molar-refractivity contribution in [1.82, 2.24) is 0 Å². The molecule has 1 aromatic rings. The van der Waals surface area contributed by atoms with Crippen LogP contribution in [0.15, 0.2) is 42.5 Å². The van der Waals surface area contributed by atoms with Crippen LogP contribution in [0.4, 0.5) is 0 Å². The van der Waals surface area contributed by atoms with Gasteiger partial charge in [-0.1, -0.05) is 30.4 Å². The largest absolute Gasteiger partial charge is 0.426 e. The van der Waals surface area contributed by atoms with Crippen molar-refractivity contribution in [2.45, 2.75) is 12.8 Å². The summed E-state index contributed by atoms with van der Waals surface area (Å²) >= 11 is 0. The maximum Gasteiger partial charge on any atom is 0.314 e. The summed E-state index contributed by atoms with van der Waals surface area (Å²) < 4.78 is 5.38. The number of fused-ring (bicyclic) bond motifs is 2. The molecule has 1 saturated carbocycles. The average molecular weight is 214 g/mol. The van der Waals surface area contributed by atoms with Crippen LogP contribution in [0.3, 0.4) is 0 Å². The highest BCUT2D eigenvalue weighted by Gasteiger charge is 2.40. The zero-order chi connectivity index (χ0) is 11.0. The number of para-hydroxylation sites is 1. The minimum atomic E-state index is -0.0666. The lowest BCUT2D eigenvalue weighted by atomic mass is 9.94. The van der Waals surface area contributed by atoms with Crippen molar-refractivity contribution in [1.29, 1.82) is 0 Å². The highest BCUT2D eigenvalue weighted by molar-refractivity contribution is 5.76. The standard InChI is InChI=1S/C14H14O2/c15-14(16-12-4-2-1-3-5-12)13-9-10-6-7-11(13)8-10/h1-7,10-11,13H,8-9H2/t10-,11+,13+/m0/s1. The number of rotatable bonds is 2. The van der Waals surface area contributed by atoms with Crippen LogP contribution >= 0.6 is 0 Å². The fraction of sp³-hybridized carbons (Fsp3) is 0.357. The van der Waals surface area contributed by atoms with Gasteiger partial charge in [0.1, 0.15) is 5.75 Å². The molecule has 2 aliphatic rings. The molecule has 3 rings (SSSR count). The summed E-state index contributed by atoms with van der Waals surface area (Å²) in [6, 6.07) is 9.31. The minimum absolute atomic E-state index is 0.0666. The first-order valence-corrected chi connectivity index (χ1v) is 5.78. The van der Waals surface area contributed by atoms with Crippen LogP contribution in [0.1, 0.15) is 12.8 Å². The monoisotopic (exact) mass is 214 g/mol. The molecule has 3 atom stereocenters. The maximum absolute atomic E-state index is 11.9. The number of allylic oxidation sites excluding steroid dienone is 2. The first-order valence-electron chi connectivity index (χ1n) is 5.78. The summed E-state index contributed by atoms with van der Waals surface area (Å²) in [6.07, 6.45) is 6.50. The topological polar surface area (TPSA) is 26.3 Å². The van der Waals surface area contributed by atoms with Gasteiger partial charge in [-0.25, -0.2) is 0 Å². The lowest BCUT2D eigenvalue weighted by Crippen LogP contribution is -2.23. The highest BCUT2D eigenvalue weighted by Crippen LogP contribution is 2.43. The number of carbonyl (C=O) groups excluding carboxylic acids is 1. The van der Waals surface area contributed by atoms with E-state index in [-0.39, 0.29) is 11.9 Å². The van der Waals surface area contributed by atoms with Gasteiger partial charge in [0.2, 0.25) is 0 Å². The van der Waals surface area contributed by atoms with Crippen LogP contribution < -0.4 is 4.74 Å². The molecule has 1 fully saturated rings. The van der Waals surface area contributed by atoms with Gasteiger partial charge in [0.05, 0.1) is 5.92 Å². The van der Waals surface area contributed by atoms with Crippen molar-refractivity contribution < 1.29 is 9.53 Å². The molecule has 2 heteroatoms. The molecule has 0 amide bonds.